The van der Waals surface area contributed by atoms with Gasteiger partial charge in [0.25, 0.3) is 0 Å². The smallest absolute Gasteiger partial charge is 0.224 e. The summed E-state index contributed by atoms with van der Waals surface area (Å²) in [4.78, 5) is 27.2. The van der Waals surface area contributed by atoms with Gasteiger partial charge < -0.3 is 35.8 Å². The Bertz CT molecular complexity index is 1390. The third-order valence-corrected chi connectivity index (χ3v) is 8.81. The summed E-state index contributed by atoms with van der Waals surface area (Å²) < 4.78 is 13.1. The zero-order valence-electron chi connectivity index (χ0n) is 26.7. The van der Waals surface area contributed by atoms with Crippen LogP contribution in [-0.4, -0.2) is 47.6 Å². The second kappa shape index (κ2) is 17.2. The van der Waals surface area contributed by atoms with E-state index in [0.29, 0.717) is 24.3 Å². The van der Waals surface area contributed by atoms with Gasteiger partial charge in [-0.3, -0.25) is 9.59 Å². The molecule has 2 aliphatic rings. The number of ether oxygens (including phenoxy) is 2. The van der Waals surface area contributed by atoms with Gasteiger partial charge in [-0.2, -0.15) is 0 Å². The van der Waals surface area contributed by atoms with Crippen LogP contribution in [0.3, 0.4) is 0 Å². The first kappa shape index (κ1) is 33.6. The van der Waals surface area contributed by atoms with E-state index in [4.69, 9.17) is 15.2 Å². The Kier molecular flexibility index (Phi) is 12.6. The van der Waals surface area contributed by atoms with E-state index in [1.807, 2.05) is 60.7 Å². The number of amides is 2. The first-order chi connectivity index (χ1) is 22.5. The number of carbonyl (C=O) groups excluding carboxylic acids is 2. The topological polar surface area (TPSA) is 126 Å². The summed E-state index contributed by atoms with van der Waals surface area (Å²) in [6.45, 7) is 3.52. The number of para-hydroxylation sites is 2. The summed E-state index contributed by atoms with van der Waals surface area (Å²) in [5, 5.41) is 15.2. The van der Waals surface area contributed by atoms with E-state index in [-0.39, 0.29) is 43.5 Å². The van der Waals surface area contributed by atoms with Crippen molar-refractivity contribution in [3.8, 4) is 0 Å². The van der Waals surface area contributed by atoms with Crippen molar-refractivity contribution < 1.29 is 24.2 Å². The quantitative estimate of drug-likeness (QED) is 0.181. The summed E-state index contributed by atoms with van der Waals surface area (Å²) >= 11 is 0. The molecule has 5 rings (SSSR count). The van der Waals surface area contributed by atoms with Crippen molar-refractivity contribution in [1.82, 2.24) is 10.2 Å². The Hall–Kier alpha value is -3.76. The second-order valence-corrected chi connectivity index (χ2v) is 12.4. The fourth-order valence-corrected chi connectivity index (χ4v) is 6.13. The van der Waals surface area contributed by atoms with Crippen molar-refractivity contribution in [1.29, 1.82) is 0 Å². The van der Waals surface area contributed by atoms with Crippen molar-refractivity contribution in [2.24, 2.45) is 0 Å². The minimum Gasteiger partial charge on any atom is -0.397 e. The normalized spacial score (nSPS) is 20.8. The fraction of sp³-hybridized carbons (Fsp3) is 0.459. The fourth-order valence-electron chi connectivity index (χ4n) is 6.13. The molecule has 46 heavy (non-hydrogen) atoms. The molecule has 3 atom stereocenters. The number of hydrogen-bond acceptors (Lipinski definition) is 7. The second-order valence-electron chi connectivity index (χ2n) is 12.4. The number of benzene rings is 3. The summed E-state index contributed by atoms with van der Waals surface area (Å²) in [5.41, 5.74) is 10.9. The number of nitrogen functional groups attached to an aromatic ring is 1. The number of rotatable bonds is 12. The molecule has 0 spiro atoms. The van der Waals surface area contributed by atoms with E-state index in [9.17, 15) is 14.7 Å². The molecule has 2 fully saturated rings. The molecule has 0 aromatic heterocycles. The van der Waals surface area contributed by atoms with Gasteiger partial charge in [0.15, 0.2) is 6.29 Å². The van der Waals surface area contributed by atoms with Crippen molar-refractivity contribution in [2.75, 3.05) is 30.7 Å². The summed E-state index contributed by atoms with van der Waals surface area (Å²) in [7, 11) is 0. The Morgan fingerprint density at radius 3 is 2.17 bits per heavy atom. The molecule has 246 valence electrons. The maximum Gasteiger partial charge on any atom is 0.224 e. The lowest BCUT2D eigenvalue weighted by Crippen LogP contribution is -2.40. The van der Waals surface area contributed by atoms with E-state index in [0.717, 1.165) is 48.3 Å². The molecular formula is C37H48N4O5. The van der Waals surface area contributed by atoms with E-state index < -0.39 is 6.29 Å². The Morgan fingerprint density at radius 1 is 0.804 bits per heavy atom. The molecular weight excluding hydrogens is 580 g/mol. The molecule has 0 radical (unpaired) electrons. The van der Waals surface area contributed by atoms with Crippen LogP contribution >= 0.6 is 0 Å². The average molecular weight is 629 g/mol. The largest absolute Gasteiger partial charge is 0.397 e. The van der Waals surface area contributed by atoms with Crippen molar-refractivity contribution in [2.45, 2.75) is 89.4 Å². The van der Waals surface area contributed by atoms with Crippen LogP contribution < -0.4 is 16.4 Å². The highest BCUT2D eigenvalue weighted by molar-refractivity contribution is 5.93. The third-order valence-electron chi connectivity index (χ3n) is 8.81. The molecule has 3 aromatic rings. The van der Waals surface area contributed by atoms with Crippen LogP contribution in [0.4, 0.5) is 11.4 Å². The SMILES string of the molecule is Nc1ccccc1NC(=O)CCCC(=O)NCc1ccc([C@H]2O[C@@H](CN3CCCCCCC3)C[C@@H](c3ccc(CO)cc3)O2)cc1. The molecule has 2 saturated heterocycles. The van der Waals surface area contributed by atoms with Gasteiger partial charge in [0.05, 0.1) is 30.2 Å². The standard InChI is InChI=1S/C37H48N4O5/c38-32-9-4-5-10-33(32)40-36(44)12-8-11-35(43)39-24-27-13-19-30(20-14-27)37-45-31(25-41-21-6-2-1-3-7-22-41)23-34(46-37)29-17-15-28(26-42)16-18-29/h4-5,9-10,13-20,31,34,37,42H,1-3,6-8,11-12,21-26,38H2,(H,39,43)(H,40,44)/t31-,34+,37+/m1/s1. The lowest BCUT2D eigenvalue weighted by molar-refractivity contribution is -0.253. The van der Waals surface area contributed by atoms with Gasteiger partial charge in [0.1, 0.15) is 0 Å². The van der Waals surface area contributed by atoms with E-state index in [1.54, 1.807) is 12.1 Å². The van der Waals surface area contributed by atoms with Crippen molar-refractivity contribution in [3.63, 3.8) is 0 Å². The first-order valence-electron chi connectivity index (χ1n) is 16.7. The summed E-state index contributed by atoms with van der Waals surface area (Å²) in [5.74, 6) is -0.265. The predicted octanol–water partition coefficient (Wildman–Crippen LogP) is 6.00. The van der Waals surface area contributed by atoms with Crippen molar-refractivity contribution in [3.05, 3.63) is 95.1 Å². The molecule has 2 heterocycles. The van der Waals surface area contributed by atoms with Gasteiger partial charge in [0, 0.05) is 37.9 Å². The van der Waals surface area contributed by atoms with Gasteiger partial charge in [0.2, 0.25) is 11.8 Å². The lowest BCUT2D eigenvalue weighted by Gasteiger charge is -2.38. The monoisotopic (exact) mass is 628 g/mol. The number of carbonyl (C=O) groups is 2. The first-order valence-corrected chi connectivity index (χ1v) is 16.7. The maximum atomic E-state index is 12.5. The molecule has 0 bridgehead atoms. The van der Waals surface area contributed by atoms with Gasteiger partial charge in [-0.25, -0.2) is 0 Å². The molecule has 9 nitrogen and oxygen atoms in total. The summed E-state index contributed by atoms with van der Waals surface area (Å²) in [6.07, 6.45) is 7.53. The van der Waals surface area contributed by atoms with E-state index in [2.05, 4.69) is 15.5 Å². The van der Waals surface area contributed by atoms with Crippen LogP contribution in [0.2, 0.25) is 0 Å². The molecule has 0 saturated carbocycles. The molecule has 2 aliphatic heterocycles. The number of aliphatic hydroxyl groups excluding tert-OH is 1. The van der Waals surface area contributed by atoms with Gasteiger partial charge in [-0.1, -0.05) is 79.9 Å². The molecule has 0 aliphatic carbocycles. The number of anilines is 2. The van der Waals surface area contributed by atoms with E-state index >= 15 is 0 Å². The molecule has 0 unspecified atom stereocenters. The molecule has 9 heteroatoms. The number of aliphatic hydroxyl groups is 1. The zero-order valence-corrected chi connectivity index (χ0v) is 26.7. The minimum absolute atomic E-state index is 0.0176. The number of hydrogen-bond donors (Lipinski definition) is 4. The van der Waals surface area contributed by atoms with Gasteiger partial charge >= 0.3 is 0 Å². The highest BCUT2D eigenvalue weighted by Crippen LogP contribution is 2.38. The Morgan fingerprint density at radius 2 is 1.46 bits per heavy atom. The Labute approximate surface area is 272 Å². The van der Waals surface area contributed by atoms with Crippen molar-refractivity contribution >= 4 is 23.2 Å². The van der Waals surface area contributed by atoms with E-state index in [1.165, 1.54) is 32.1 Å². The maximum absolute atomic E-state index is 12.5. The van der Waals surface area contributed by atoms with Gasteiger partial charge in [-0.15, -0.1) is 0 Å². The van der Waals surface area contributed by atoms with Crippen LogP contribution in [0.15, 0.2) is 72.8 Å². The number of nitrogens with two attached hydrogens (primary N) is 1. The summed E-state index contributed by atoms with van der Waals surface area (Å²) in [6, 6.07) is 23.1. The van der Waals surface area contributed by atoms with Crippen LogP contribution in [0.25, 0.3) is 0 Å². The number of likely N-dealkylation sites (tertiary alicyclic amines) is 1. The van der Waals surface area contributed by atoms with Gasteiger partial charge in [-0.05, 0) is 61.2 Å². The van der Waals surface area contributed by atoms with Crippen LogP contribution in [0.1, 0.15) is 92.4 Å². The average Bonchev–Trinajstić information content (AvgIpc) is 3.06. The third kappa shape index (κ3) is 10.1. The number of nitrogens with one attached hydrogen (secondary N) is 2. The predicted molar refractivity (Wildman–Crippen MR) is 180 cm³/mol. The minimum atomic E-state index is -0.503. The highest BCUT2D eigenvalue weighted by atomic mass is 16.7. The Balaban J connectivity index is 1.13. The zero-order chi connectivity index (χ0) is 32.1. The molecule has 3 aromatic carbocycles. The van der Waals surface area contributed by atoms with Crippen LogP contribution in [-0.2, 0) is 32.2 Å². The number of nitrogens with zero attached hydrogens (tertiary/aromatic N) is 1. The lowest BCUT2D eigenvalue weighted by atomic mass is 9.99. The van der Waals surface area contributed by atoms with Crippen LogP contribution in [0, 0.1) is 0 Å². The highest BCUT2D eigenvalue weighted by Gasteiger charge is 2.33. The molecule has 2 amide bonds. The van der Waals surface area contributed by atoms with Crippen LogP contribution in [0.5, 0.6) is 0 Å². The molecule has 5 N–H and O–H groups in total.